The topological polar surface area (TPSA) is 86.5 Å². The number of anilines is 1. The monoisotopic (exact) mass is 905 g/mol. The van der Waals surface area contributed by atoms with Crippen LogP contribution in [0.15, 0.2) is 121 Å². The molecule has 8 bridgehead atoms. The van der Waals surface area contributed by atoms with Crippen molar-refractivity contribution in [2.24, 2.45) is 0 Å². The van der Waals surface area contributed by atoms with Crippen LogP contribution in [0, 0.1) is 0 Å². The van der Waals surface area contributed by atoms with Crippen LogP contribution in [-0.4, -0.2) is 25.8 Å². The maximum atomic E-state index is 14.1. The van der Waals surface area contributed by atoms with Gasteiger partial charge in [-0.2, -0.15) is 52.7 Å². The number of amides is 1. The second-order valence-corrected chi connectivity index (χ2v) is 15.1. The molecule has 3 aromatic heterocycles. The molecule has 3 N–H and O–H groups in total. The number of hydrogen-bond donors (Lipinski definition) is 3. The fourth-order valence-corrected chi connectivity index (χ4v) is 7.99. The SMILES string of the molecule is O=C1Nc2nc1c(-c1ccc(C(F)(F)F)cc1)c1ccc([nH]1)c(-c1ccc(C(F)(F)F)cc1)c1nc(c(-c3ccc(C(F)(F)F)cc3)c3ccc([nH]3)c2-c2ccc(C(F)(F)F)cc2)CC1. The molecule has 330 valence electrons. The number of rotatable bonds is 4. The number of H-pyrrole nitrogens is 2. The number of aryl methyl sites for hydroxylation is 2. The lowest BCUT2D eigenvalue weighted by Crippen LogP contribution is -2.07. The summed E-state index contributed by atoms with van der Waals surface area (Å²) < 4.78 is 165. The van der Waals surface area contributed by atoms with E-state index < -0.39 is 52.9 Å². The second-order valence-electron chi connectivity index (χ2n) is 15.1. The highest BCUT2D eigenvalue weighted by molar-refractivity contribution is 6.14. The first kappa shape index (κ1) is 42.9. The lowest BCUT2D eigenvalue weighted by atomic mass is 9.99. The van der Waals surface area contributed by atoms with E-state index in [0.29, 0.717) is 22.5 Å². The molecule has 0 atom stereocenters. The Bertz CT molecular complexity index is 3160. The minimum absolute atomic E-state index is 0.00572. The standard InChI is InChI=1S/C47H27F12N5O/c48-44(49,50)27-9-1-23(2-10-27)37-31-17-18-32(60-31)38(24-3-11-28(12-4-24)45(51,52)53)34-20-22-36(62-34)40(26-7-15-30(16-8-26)47(57,58)59)42-63-41(43(65)64-42)39(35-21-19-33(37)61-35)25-5-13-29(14-6-25)46(54,55)56/h1-16,19-22,61-62H,17-18H2,(H,63,64,65). The average molecular weight is 906 g/mol. The molecular weight excluding hydrogens is 879 g/mol. The van der Waals surface area contributed by atoms with E-state index in [1.807, 2.05) is 0 Å². The van der Waals surface area contributed by atoms with E-state index in [1.54, 1.807) is 12.1 Å². The van der Waals surface area contributed by atoms with Gasteiger partial charge in [0, 0.05) is 38.8 Å². The third-order valence-electron chi connectivity index (χ3n) is 11.0. The molecule has 5 heterocycles. The molecule has 1 amide bonds. The number of nitrogens with one attached hydrogen (secondary N) is 3. The van der Waals surface area contributed by atoms with Crippen LogP contribution in [0.4, 0.5) is 58.5 Å². The lowest BCUT2D eigenvalue weighted by Gasteiger charge is -2.10. The maximum Gasteiger partial charge on any atom is 0.416 e. The summed E-state index contributed by atoms with van der Waals surface area (Å²) in [6, 6.07) is 22.4. The van der Waals surface area contributed by atoms with Gasteiger partial charge >= 0.3 is 24.7 Å². The van der Waals surface area contributed by atoms with Crippen molar-refractivity contribution < 1.29 is 57.5 Å². The van der Waals surface area contributed by atoms with Gasteiger partial charge in [-0.3, -0.25) is 9.78 Å². The Morgan fingerprint density at radius 1 is 0.369 bits per heavy atom. The summed E-state index contributed by atoms with van der Waals surface area (Å²) in [5, 5.41) is 2.66. The van der Waals surface area contributed by atoms with Crippen LogP contribution in [-0.2, 0) is 37.5 Å². The highest BCUT2D eigenvalue weighted by Gasteiger charge is 2.34. The number of hydrogen-bond acceptors (Lipinski definition) is 3. The van der Waals surface area contributed by atoms with Crippen LogP contribution in [0.1, 0.15) is 44.1 Å². The third-order valence-corrected chi connectivity index (χ3v) is 11.0. The van der Waals surface area contributed by atoms with Gasteiger partial charge in [0.1, 0.15) is 11.5 Å². The minimum Gasteiger partial charge on any atom is -0.354 e. The fourth-order valence-electron chi connectivity index (χ4n) is 7.99. The van der Waals surface area contributed by atoms with Crippen LogP contribution in [0.25, 0.3) is 66.6 Å². The van der Waals surface area contributed by atoms with Crippen molar-refractivity contribution in [3.63, 3.8) is 0 Å². The van der Waals surface area contributed by atoms with Gasteiger partial charge in [0.2, 0.25) is 0 Å². The summed E-state index contributed by atoms with van der Waals surface area (Å²) in [7, 11) is 0. The average Bonchev–Trinajstić information content (AvgIpc) is 4.08. The Labute approximate surface area is 358 Å². The second kappa shape index (κ2) is 15.4. The van der Waals surface area contributed by atoms with Crippen LogP contribution in [0.3, 0.4) is 0 Å². The molecule has 0 spiro atoms. The summed E-state index contributed by atoms with van der Waals surface area (Å²) in [5.41, 5.74) is -1.18. The first-order chi connectivity index (χ1) is 30.6. The molecule has 0 aliphatic carbocycles. The summed E-state index contributed by atoms with van der Waals surface area (Å²) in [5.74, 6) is -1.03. The van der Waals surface area contributed by atoms with Gasteiger partial charge in [0.05, 0.1) is 39.2 Å². The van der Waals surface area contributed by atoms with Crippen molar-refractivity contribution >= 4 is 33.8 Å². The number of fused-ring (bicyclic) bond motifs is 8. The lowest BCUT2D eigenvalue weighted by molar-refractivity contribution is -0.138. The fraction of sp³-hybridized carbons (Fsp3) is 0.128. The number of alkyl halides is 12. The predicted octanol–water partition coefficient (Wildman–Crippen LogP) is 14.1. The molecule has 0 saturated carbocycles. The smallest absolute Gasteiger partial charge is 0.354 e. The molecule has 0 fully saturated rings. The molecule has 2 aliphatic heterocycles. The molecule has 6 nitrogen and oxygen atoms in total. The number of aromatic nitrogens is 4. The molecule has 0 unspecified atom stereocenters. The highest BCUT2D eigenvalue weighted by atomic mass is 19.4. The van der Waals surface area contributed by atoms with E-state index >= 15 is 0 Å². The zero-order valence-electron chi connectivity index (χ0n) is 32.8. The van der Waals surface area contributed by atoms with E-state index in [4.69, 9.17) is 4.98 Å². The molecule has 9 rings (SSSR count). The molecule has 0 radical (unpaired) electrons. The van der Waals surface area contributed by atoms with Gasteiger partial charge in [0.25, 0.3) is 5.91 Å². The third kappa shape index (κ3) is 8.19. The van der Waals surface area contributed by atoms with Crippen molar-refractivity contribution in [1.82, 2.24) is 19.9 Å². The quantitative estimate of drug-likeness (QED) is 0.154. The zero-order chi connectivity index (χ0) is 46.2. The number of carbonyl (C=O) groups is 1. The summed E-state index contributed by atoms with van der Waals surface area (Å²) in [6.45, 7) is 0. The number of nitrogens with zero attached hydrogens (tertiary/aromatic N) is 2. The normalized spacial score (nSPS) is 13.6. The summed E-state index contributed by atoms with van der Waals surface area (Å²) in [6.07, 6.45) is -18.4. The largest absolute Gasteiger partial charge is 0.416 e. The molecule has 65 heavy (non-hydrogen) atoms. The van der Waals surface area contributed by atoms with Crippen molar-refractivity contribution in [3.8, 4) is 44.5 Å². The Kier molecular flexibility index (Phi) is 10.2. The van der Waals surface area contributed by atoms with Gasteiger partial charge in [-0.1, -0.05) is 48.5 Å². The van der Waals surface area contributed by atoms with Gasteiger partial charge in [-0.25, -0.2) is 4.98 Å². The van der Waals surface area contributed by atoms with Crippen molar-refractivity contribution in [1.29, 1.82) is 0 Å². The maximum absolute atomic E-state index is 14.1. The molecular formula is C47H27F12N5O. The van der Waals surface area contributed by atoms with Crippen molar-refractivity contribution in [2.45, 2.75) is 37.5 Å². The van der Waals surface area contributed by atoms with Crippen LogP contribution < -0.4 is 5.32 Å². The Morgan fingerprint density at radius 2 is 0.662 bits per heavy atom. The number of benzene rings is 4. The van der Waals surface area contributed by atoms with Crippen LogP contribution >= 0.6 is 0 Å². The van der Waals surface area contributed by atoms with E-state index in [0.717, 1.165) is 72.8 Å². The van der Waals surface area contributed by atoms with E-state index in [2.05, 4.69) is 20.3 Å². The Hall–Kier alpha value is -7.37. The Balaban J connectivity index is 1.43. The van der Waals surface area contributed by atoms with Crippen molar-refractivity contribution in [3.05, 3.63) is 161 Å². The number of aromatic amines is 2. The van der Waals surface area contributed by atoms with Crippen molar-refractivity contribution in [2.75, 3.05) is 5.32 Å². The molecule has 2 aliphatic rings. The zero-order valence-corrected chi connectivity index (χ0v) is 32.8. The first-order valence-electron chi connectivity index (χ1n) is 19.4. The molecule has 18 heteroatoms. The van der Waals surface area contributed by atoms with E-state index in [1.165, 1.54) is 36.4 Å². The van der Waals surface area contributed by atoms with Gasteiger partial charge in [-0.05, 0) is 108 Å². The molecule has 7 aromatic rings. The minimum atomic E-state index is -4.72. The Morgan fingerprint density at radius 3 is 1.00 bits per heavy atom. The van der Waals surface area contributed by atoms with E-state index in [9.17, 15) is 57.5 Å². The highest BCUT2D eigenvalue weighted by Crippen LogP contribution is 2.42. The summed E-state index contributed by atoms with van der Waals surface area (Å²) in [4.78, 5) is 30.1. The number of carbonyl (C=O) groups excluding carboxylic acids is 1. The first-order valence-corrected chi connectivity index (χ1v) is 19.4. The molecule has 4 aromatic carbocycles. The predicted molar refractivity (Wildman–Crippen MR) is 218 cm³/mol. The van der Waals surface area contributed by atoms with Gasteiger partial charge in [-0.15, -0.1) is 0 Å². The number of halogens is 12. The van der Waals surface area contributed by atoms with Gasteiger partial charge in [0.15, 0.2) is 0 Å². The van der Waals surface area contributed by atoms with Crippen LogP contribution in [0.2, 0.25) is 0 Å². The van der Waals surface area contributed by atoms with E-state index in [-0.39, 0.29) is 79.8 Å². The molecule has 0 saturated heterocycles. The summed E-state index contributed by atoms with van der Waals surface area (Å²) >= 11 is 0. The van der Waals surface area contributed by atoms with Crippen LogP contribution in [0.5, 0.6) is 0 Å². The van der Waals surface area contributed by atoms with Gasteiger partial charge < -0.3 is 15.3 Å².